The van der Waals surface area contributed by atoms with Crippen molar-refractivity contribution in [1.82, 2.24) is 4.90 Å². The highest BCUT2D eigenvalue weighted by Gasteiger charge is 2.54. The van der Waals surface area contributed by atoms with Crippen LogP contribution in [-0.4, -0.2) is 47.8 Å². The summed E-state index contributed by atoms with van der Waals surface area (Å²) in [5.41, 5.74) is -0.00749. The van der Waals surface area contributed by atoms with Crippen LogP contribution in [0.25, 0.3) is 0 Å². The van der Waals surface area contributed by atoms with Gasteiger partial charge in [0.15, 0.2) is 0 Å². The van der Waals surface area contributed by atoms with Crippen LogP contribution in [-0.2, 0) is 14.3 Å². The minimum atomic E-state index is -0.809. The van der Waals surface area contributed by atoms with E-state index in [1.807, 2.05) is 36.9 Å². The third-order valence-corrected chi connectivity index (χ3v) is 6.44. The van der Waals surface area contributed by atoms with Crippen LogP contribution in [0.15, 0.2) is 24.3 Å². The largest absolute Gasteiger partial charge is 0.487 e. The molecule has 1 amide bonds. The average molecular weight is 359 g/mol. The number of benzene rings is 1. The molecule has 5 nitrogen and oxygen atoms in total. The zero-order valence-corrected chi connectivity index (χ0v) is 16.3. The van der Waals surface area contributed by atoms with Crippen molar-refractivity contribution in [2.45, 2.75) is 70.0 Å². The molecule has 4 atom stereocenters. The summed E-state index contributed by atoms with van der Waals surface area (Å²) < 4.78 is 18.3. The van der Waals surface area contributed by atoms with Gasteiger partial charge in [-0.2, -0.15) is 0 Å². The first-order chi connectivity index (χ1) is 12.2. The predicted octanol–water partition coefficient (Wildman–Crippen LogP) is 3.33. The lowest BCUT2D eigenvalue weighted by Crippen LogP contribution is -2.56. The topological polar surface area (TPSA) is 48.0 Å². The fraction of sp³-hybridized carbons (Fsp3) is 0.667. The molecule has 3 aliphatic rings. The Balaban J connectivity index is 1.64. The molecule has 142 valence electrons. The third-order valence-electron chi connectivity index (χ3n) is 6.44. The van der Waals surface area contributed by atoms with E-state index in [1.54, 1.807) is 7.11 Å². The second kappa shape index (κ2) is 5.96. The Morgan fingerprint density at radius 3 is 2.77 bits per heavy atom. The predicted molar refractivity (Wildman–Crippen MR) is 98.1 cm³/mol. The zero-order chi connectivity index (χ0) is 18.7. The zero-order valence-electron chi connectivity index (χ0n) is 16.3. The molecule has 26 heavy (non-hydrogen) atoms. The number of ether oxygens (including phenoxy) is 3. The number of hydrogen-bond donors (Lipinski definition) is 0. The molecule has 0 aliphatic carbocycles. The molecule has 1 aromatic rings. The molecule has 0 radical (unpaired) electrons. The fourth-order valence-corrected chi connectivity index (χ4v) is 4.72. The van der Waals surface area contributed by atoms with Crippen molar-refractivity contribution < 1.29 is 19.0 Å². The molecule has 0 spiro atoms. The van der Waals surface area contributed by atoms with E-state index in [2.05, 4.69) is 19.9 Å². The van der Waals surface area contributed by atoms with Crippen molar-refractivity contribution in [3.05, 3.63) is 29.8 Å². The van der Waals surface area contributed by atoms with Crippen LogP contribution in [0.5, 0.6) is 5.75 Å². The summed E-state index contributed by atoms with van der Waals surface area (Å²) in [5, 5.41) is 0. The summed E-state index contributed by atoms with van der Waals surface area (Å²) in [6, 6.07) is 8.26. The Morgan fingerprint density at radius 2 is 2.04 bits per heavy atom. The van der Waals surface area contributed by atoms with Gasteiger partial charge in [0.25, 0.3) is 5.91 Å². The van der Waals surface area contributed by atoms with E-state index in [-0.39, 0.29) is 35.7 Å². The summed E-state index contributed by atoms with van der Waals surface area (Å²) in [6.45, 7) is 8.65. The number of methoxy groups -OCH3 is 1. The summed E-state index contributed by atoms with van der Waals surface area (Å²) in [4.78, 5) is 15.0. The van der Waals surface area contributed by atoms with Gasteiger partial charge in [-0.15, -0.1) is 0 Å². The Bertz CT molecular complexity index is 714. The minimum absolute atomic E-state index is 0.0293. The number of rotatable bonds is 2. The van der Waals surface area contributed by atoms with E-state index >= 15 is 0 Å². The van der Waals surface area contributed by atoms with Gasteiger partial charge in [-0.3, -0.25) is 4.79 Å². The molecule has 0 aromatic heterocycles. The van der Waals surface area contributed by atoms with Crippen molar-refractivity contribution in [2.24, 2.45) is 5.92 Å². The van der Waals surface area contributed by atoms with Crippen molar-refractivity contribution >= 4 is 5.91 Å². The van der Waals surface area contributed by atoms with Gasteiger partial charge in [0, 0.05) is 25.1 Å². The second-order valence-electron chi connectivity index (χ2n) is 8.75. The normalized spacial score (nSPS) is 32.3. The monoisotopic (exact) mass is 359 g/mol. The number of nitrogens with zero attached hydrogens (tertiary/aromatic N) is 1. The van der Waals surface area contributed by atoms with Crippen molar-refractivity contribution in [2.75, 3.05) is 13.7 Å². The SMILES string of the molecule is COC(C)(C)C(=O)N1CC[C@H]2O[C@H]3c4ccccc4OC(C)(C)[C@@H]3C[C@H]21. The van der Waals surface area contributed by atoms with Gasteiger partial charge in [0.1, 0.15) is 17.0 Å². The molecular formula is C21H29NO4. The molecule has 3 heterocycles. The van der Waals surface area contributed by atoms with Crippen LogP contribution in [0.2, 0.25) is 0 Å². The van der Waals surface area contributed by atoms with Crippen molar-refractivity contribution in [1.29, 1.82) is 0 Å². The number of fused-ring (bicyclic) bond motifs is 4. The van der Waals surface area contributed by atoms with E-state index in [4.69, 9.17) is 14.2 Å². The molecule has 2 fully saturated rings. The second-order valence-corrected chi connectivity index (χ2v) is 8.75. The van der Waals surface area contributed by atoms with Gasteiger partial charge >= 0.3 is 0 Å². The average Bonchev–Trinajstić information content (AvgIpc) is 3.02. The maximum Gasteiger partial charge on any atom is 0.254 e. The molecule has 0 bridgehead atoms. The van der Waals surface area contributed by atoms with E-state index < -0.39 is 5.60 Å². The summed E-state index contributed by atoms with van der Waals surface area (Å²) in [5.74, 6) is 1.17. The van der Waals surface area contributed by atoms with Crippen LogP contribution < -0.4 is 4.74 Å². The van der Waals surface area contributed by atoms with E-state index in [9.17, 15) is 4.79 Å². The third kappa shape index (κ3) is 2.64. The van der Waals surface area contributed by atoms with E-state index in [0.717, 1.165) is 30.7 Å². The fourth-order valence-electron chi connectivity index (χ4n) is 4.72. The summed E-state index contributed by atoms with van der Waals surface area (Å²) >= 11 is 0. The van der Waals surface area contributed by atoms with Crippen molar-refractivity contribution in [3.63, 3.8) is 0 Å². The van der Waals surface area contributed by atoms with Crippen LogP contribution in [0.3, 0.4) is 0 Å². The van der Waals surface area contributed by atoms with Gasteiger partial charge in [-0.1, -0.05) is 18.2 Å². The Kier molecular flexibility index (Phi) is 4.08. The Hall–Kier alpha value is -1.59. The molecule has 3 aliphatic heterocycles. The molecule has 0 saturated carbocycles. The van der Waals surface area contributed by atoms with Gasteiger partial charge in [-0.25, -0.2) is 0 Å². The first-order valence-electron chi connectivity index (χ1n) is 9.54. The number of carbonyl (C=O) groups is 1. The van der Waals surface area contributed by atoms with Crippen LogP contribution in [0, 0.1) is 5.92 Å². The lowest BCUT2D eigenvalue weighted by Gasteiger charge is -2.51. The minimum Gasteiger partial charge on any atom is -0.487 e. The Labute approximate surface area is 155 Å². The molecule has 2 saturated heterocycles. The number of likely N-dealkylation sites (tertiary alicyclic amines) is 1. The van der Waals surface area contributed by atoms with Gasteiger partial charge in [0.05, 0.1) is 18.2 Å². The summed E-state index contributed by atoms with van der Waals surface area (Å²) in [7, 11) is 1.59. The van der Waals surface area contributed by atoms with Crippen LogP contribution in [0.1, 0.15) is 52.2 Å². The van der Waals surface area contributed by atoms with Crippen molar-refractivity contribution in [3.8, 4) is 5.75 Å². The first kappa shape index (κ1) is 17.8. The maximum absolute atomic E-state index is 13.0. The van der Waals surface area contributed by atoms with Gasteiger partial charge < -0.3 is 19.1 Å². The van der Waals surface area contributed by atoms with E-state index in [0.29, 0.717) is 0 Å². The number of amides is 1. The number of para-hydroxylation sites is 1. The molecule has 4 rings (SSSR count). The quantitative estimate of drug-likeness (QED) is 0.813. The Morgan fingerprint density at radius 1 is 1.31 bits per heavy atom. The lowest BCUT2D eigenvalue weighted by atomic mass is 9.74. The number of hydrogen-bond acceptors (Lipinski definition) is 4. The lowest BCUT2D eigenvalue weighted by molar-refractivity contribution is -0.174. The first-order valence-corrected chi connectivity index (χ1v) is 9.54. The summed E-state index contributed by atoms with van der Waals surface area (Å²) in [6.07, 6.45) is 1.88. The highest BCUT2D eigenvalue weighted by molar-refractivity contribution is 5.85. The maximum atomic E-state index is 13.0. The van der Waals surface area contributed by atoms with Crippen LogP contribution in [0.4, 0.5) is 0 Å². The molecule has 0 unspecified atom stereocenters. The van der Waals surface area contributed by atoms with Gasteiger partial charge in [-0.05, 0) is 46.6 Å². The molecular weight excluding hydrogens is 330 g/mol. The van der Waals surface area contributed by atoms with Crippen LogP contribution >= 0.6 is 0 Å². The highest BCUT2D eigenvalue weighted by atomic mass is 16.5. The molecule has 1 aromatic carbocycles. The molecule has 0 N–H and O–H groups in total. The van der Waals surface area contributed by atoms with E-state index in [1.165, 1.54) is 0 Å². The number of carbonyl (C=O) groups excluding carboxylic acids is 1. The molecule has 5 heteroatoms. The standard InChI is InChI=1S/C21H29NO4/c1-20(2)14-12-15-17(10-11-22(15)19(23)21(3,4)24-5)25-18(14)13-8-6-7-9-16(13)26-20/h6-9,14-15,17-18H,10-12H2,1-5H3/t14-,15-,17-,18+/m1/s1. The highest BCUT2D eigenvalue weighted by Crippen LogP contribution is 2.52. The smallest absolute Gasteiger partial charge is 0.254 e. The van der Waals surface area contributed by atoms with Gasteiger partial charge in [0.2, 0.25) is 0 Å².